The highest BCUT2D eigenvalue weighted by Crippen LogP contribution is 2.22. The van der Waals surface area contributed by atoms with Gasteiger partial charge in [-0.3, -0.25) is 24.7 Å². The number of aromatic amines is 1. The Kier molecular flexibility index (Phi) is 7.37. The summed E-state index contributed by atoms with van der Waals surface area (Å²) in [6, 6.07) is 24.5. The molecule has 1 aromatic heterocycles. The third kappa shape index (κ3) is 5.43. The summed E-state index contributed by atoms with van der Waals surface area (Å²) in [4.78, 5) is 67.1. The highest BCUT2D eigenvalue weighted by atomic mass is 16.3. The van der Waals surface area contributed by atoms with Crippen LogP contribution in [-0.4, -0.2) is 32.5 Å². The molecule has 5 rings (SSSR count). The number of hydrogen-bond donors (Lipinski definition) is 3. The van der Waals surface area contributed by atoms with Crippen LogP contribution in [0.2, 0.25) is 0 Å². The maximum Gasteiger partial charge on any atom is 0.335 e. The number of nitrogens with one attached hydrogen (secondary N) is 2. The average Bonchev–Trinajstić information content (AvgIpc) is 2.97. The number of carbonyl (C=O) groups is 3. The van der Waals surface area contributed by atoms with Crippen molar-refractivity contribution in [2.24, 2.45) is 0 Å². The summed E-state index contributed by atoms with van der Waals surface area (Å²) in [6.07, 6.45) is 5.59. The van der Waals surface area contributed by atoms with E-state index in [2.05, 4.69) is 10.3 Å². The molecule has 0 aliphatic carbocycles. The van der Waals surface area contributed by atoms with E-state index in [1.165, 1.54) is 24.3 Å². The number of para-hydroxylation sites is 2. The normalized spacial score (nSPS) is 15.0. The smallest absolute Gasteiger partial charge is 0.335 e. The molecule has 0 bridgehead atoms. The molecule has 3 N–H and O–H groups in total. The number of barbiturate groups is 1. The first kappa shape index (κ1) is 26.6. The standard InChI is InChI=1S/C31H22N4O6/c36-26-24(28(38)34(30(40)32-26)22-12-6-2-7-13-22)18-16-21(20-10-4-1-5-11-20)17-19-25-27(37)33-31(41)35(29(25)39)23-14-8-3-9-15-23/h1-19,36H,(H,32,40)(H,33,37,41)/b18-16?,21-17?,25-19-. The number of benzene rings is 3. The lowest BCUT2D eigenvalue weighted by Crippen LogP contribution is -2.54. The predicted octanol–water partition coefficient (Wildman–Crippen LogP) is 3.54. The topological polar surface area (TPSA) is 142 Å². The highest BCUT2D eigenvalue weighted by molar-refractivity contribution is 6.37. The van der Waals surface area contributed by atoms with Gasteiger partial charge in [0.1, 0.15) is 11.1 Å². The SMILES string of the molecule is O=C1NC(=O)N(c2ccccc2)C(=O)/C1=C\C=C(C=Cc1c(O)[nH]c(=O)n(-c2ccccc2)c1=O)c1ccccc1. The molecule has 0 unspecified atom stereocenters. The number of allylic oxidation sites excluding steroid dienone is 4. The molecule has 10 nitrogen and oxygen atoms in total. The van der Waals surface area contributed by atoms with Crippen molar-refractivity contribution < 1.29 is 19.5 Å². The third-order valence-corrected chi connectivity index (χ3v) is 6.21. The minimum Gasteiger partial charge on any atom is -0.494 e. The summed E-state index contributed by atoms with van der Waals surface area (Å²) < 4.78 is 0.896. The van der Waals surface area contributed by atoms with Crippen LogP contribution in [0.5, 0.6) is 5.88 Å². The minimum absolute atomic E-state index is 0.185. The maximum atomic E-state index is 13.2. The summed E-state index contributed by atoms with van der Waals surface area (Å²) >= 11 is 0. The zero-order chi connectivity index (χ0) is 28.9. The number of amides is 4. The van der Waals surface area contributed by atoms with E-state index >= 15 is 0 Å². The fraction of sp³-hybridized carbons (Fsp3) is 0. The number of anilines is 1. The molecule has 1 fully saturated rings. The highest BCUT2D eigenvalue weighted by Gasteiger charge is 2.36. The van der Waals surface area contributed by atoms with Gasteiger partial charge in [-0.05, 0) is 47.6 Å². The van der Waals surface area contributed by atoms with Gasteiger partial charge in [0.05, 0.1) is 11.4 Å². The summed E-state index contributed by atoms with van der Waals surface area (Å²) in [5.74, 6) is -2.28. The number of rotatable bonds is 6. The first-order chi connectivity index (χ1) is 19.8. The van der Waals surface area contributed by atoms with Crippen molar-refractivity contribution in [3.8, 4) is 11.6 Å². The Morgan fingerprint density at radius 2 is 1.34 bits per heavy atom. The van der Waals surface area contributed by atoms with Crippen molar-refractivity contribution in [2.45, 2.75) is 0 Å². The van der Waals surface area contributed by atoms with Gasteiger partial charge >= 0.3 is 11.7 Å². The summed E-state index contributed by atoms with van der Waals surface area (Å²) in [5, 5.41) is 12.6. The van der Waals surface area contributed by atoms with Crippen molar-refractivity contribution in [3.05, 3.63) is 147 Å². The lowest BCUT2D eigenvalue weighted by atomic mass is 10.0. The molecule has 0 spiro atoms. The van der Waals surface area contributed by atoms with E-state index in [4.69, 9.17) is 0 Å². The molecule has 0 radical (unpaired) electrons. The number of carbonyl (C=O) groups excluding carboxylic acids is 3. The van der Waals surface area contributed by atoms with Crippen LogP contribution in [-0.2, 0) is 9.59 Å². The number of imide groups is 2. The minimum atomic E-state index is -0.862. The lowest BCUT2D eigenvalue weighted by Gasteiger charge is -2.26. The van der Waals surface area contributed by atoms with E-state index in [1.807, 2.05) is 0 Å². The number of urea groups is 1. The molecule has 202 valence electrons. The molecule has 3 aromatic carbocycles. The second-order valence-electron chi connectivity index (χ2n) is 8.81. The molecule has 1 aliphatic heterocycles. The third-order valence-electron chi connectivity index (χ3n) is 6.21. The van der Waals surface area contributed by atoms with Gasteiger partial charge in [-0.1, -0.05) is 78.9 Å². The van der Waals surface area contributed by atoms with Gasteiger partial charge in [0.2, 0.25) is 5.88 Å². The summed E-state index contributed by atoms with van der Waals surface area (Å²) in [6.45, 7) is 0. The van der Waals surface area contributed by atoms with Crippen LogP contribution in [0.1, 0.15) is 11.1 Å². The zero-order valence-electron chi connectivity index (χ0n) is 21.4. The molecular formula is C31H22N4O6. The van der Waals surface area contributed by atoms with Crippen LogP contribution in [0, 0.1) is 0 Å². The van der Waals surface area contributed by atoms with Crippen molar-refractivity contribution in [2.75, 3.05) is 4.90 Å². The Morgan fingerprint density at radius 1 is 0.756 bits per heavy atom. The molecule has 2 heterocycles. The van der Waals surface area contributed by atoms with Crippen LogP contribution in [0.4, 0.5) is 10.5 Å². The number of H-pyrrole nitrogens is 1. The van der Waals surface area contributed by atoms with E-state index in [1.54, 1.807) is 91.0 Å². The number of aromatic nitrogens is 2. The largest absolute Gasteiger partial charge is 0.494 e. The molecular weight excluding hydrogens is 524 g/mol. The fourth-order valence-corrected chi connectivity index (χ4v) is 4.21. The van der Waals surface area contributed by atoms with E-state index in [9.17, 15) is 29.1 Å². The van der Waals surface area contributed by atoms with E-state index in [0.29, 0.717) is 22.5 Å². The van der Waals surface area contributed by atoms with Crippen LogP contribution in [0.25, 0.3) is 17.3 Å². The van der Waals surface area contributed by atoms with Crippen LogP contribution < -0.4 is 21.5 Å². The molecule has 0 atom stereocenters. The molecule has 1 aliphatic rings. The van der Waals surface area contributed by atoms with E-state index in [-0.39, 0.29) is 11.1 Å². The van der Waals surface area contributed by atoms with Gasteiger partial charge < -0.3 is 5.11 Å². The Morgan fingerprint density at radius 3 is 1.98 bits per heavy atom. The number of nitrogens with zero attached hydrogens (tertiary/aromatic N) is 2. The zero-order valence-corrected chi connectivity index (χ0v) is 21.4. The molecule has 0 saturated carbocycles. The van der Waals surface area contributed by atoms with E-state index in [0.717, 1.165) is 9.47 Å². The van der Waals surface area contributed by atoms with Gasteiger partial charge in [-0.15, -0.1) is 0 Å². The van der Waals surface area contributed by atoms with Gasteiger partial charge in [0.15, 0.2) is 0 Å². The van der Waals surface area contributed by atoms with Crippen molar-refractivity contribution in [1.29, 1.82) is 0 Å². The Balaban J connectivity index is 1.58. The summed E-state index contributed by atoms with van der Waals surface area (Å²) in [7, 11) is 0. The monoisotopic (exact) mass is 546 g/mol. The molecule has 1 saturated heterocycles. The second-order valence-corrected chi connectivity index (χ2v) is 8.81. The Hall–Kier alpha value is -6.03. The molecule has 4 aromatic rings. The molecule has 4 amide bonds. The van der Waals surface area contributed by atoms with E-state index < -0.39 is 35.0 Å². The van der Waals surface area contributed by atoms with Crippen molar-refractivity contribution in [1.82, 2.24) is 14.9 Å². The van der Waals surface area contributed by atoms with Gasteiger partial charge in [-0.2, -0.15) is 0 Å². The fourth-order valence-electron chi connectivity index (χ4n) is 4.21. The molecule has 41 heavy (non-hydrogen) atoms. The molecule has 10 heteroatoms. The first-order valence-corrected chi connectivity index (χ1v) is 12.4. The van der Waals surface area contributed by atoms with Crippen LogP contribution in [0.15, 0.2) is 124 Å². The maximum absolute atomic E-state index is 13.2. The predicted molar refractivity (Wildman–Crippen MR) is 153 cm³/mol. The van der Waals surface area contributed by atoms with Gasteiger partial charge in [0, 0.05) is 0 Å². The average molecular weight is 547 g/mol. The Labute approximate surface area is 232 Å². The van der Waals surface area contributed by atoms with Crippen molar-refractivity contribution >= 4 is 35.2 Å². The van der Waals surface area contributed by atoms with Gasteiger partial charge in [-0.25, -0.2) is 19.1 Å². The number of aromatic hydroxyl groups is 1. The lowest BCUT2D eigenvalue weighted by molar-refractivity contribution is -0.122. The van der Waals surface area contributed by atoms with Crippen molar-refractivity contribution in [3.63, 3.8) is 0 Å². The first-order valence-electron chi connectivity index (χ1n) is 12.4. The van der Waals surface area contributed by atoms with Crippen LogP contribution >= 0.6 is 0 Å². The van der Waals surface area contributed by atoms with Gasteiger partial charge in [0.25, 0.3) is 17.4 Å². The Bertz CT molecular complexity index is 1850. The quantitative estimate of drug-likeness (QED) is 0.192. The summed E-state index contributed by atoms with van der Waals surface area (Å²) in [5.41, 5.74) is -0.299. The van der Waals surface area contributed by atoms with Crippen LogP contribution in [0.3, 0.4) is 0 Å². The second kappa shape index (κ2) is 11.4. The number of hydrogen-bond acceptors (Lipinski definition) is 6.